The average molecular weight is 289 g/mol. The minimum Gasteiger partial charge on any atom is -0.434 e. The Bertz CT molecular complexity index is 755. The summed E-state index contributed by atoms with van der Waals surface area (Å²) < 4.78 is 29.3. The van der Waals surface area contributed by atoms with Gasteiger partial charge >= 0.3 is 6.61 Å². The number of nitrogens with one attached hydrogen (secondary N) is 1. The summed E-state index contributed by atoms with van der Waals surface area (Å²) in [6.45, 7) is -2.93. The second-order valence-electron chi connectivity index (χ2n) is 4.64. The van der Waals surface area contributed by atoms with E-state index in [1.165, 1.54) is 6.07 Å². The lowest BCUT2D eigenvalue weighted by molar-refractivity contribution is -0.0512. The van der Waals surface area contributed by atoms with E-state index in [2.05, 4.69) is 9.72 Å². The first-order valence-electron chi connectivity index (χ1n) is 6.44. The van der Waals surface area contributed by atoms with Crippen molar-refractivity contribution >= 4 is 10.9 Å². The van der Waals surface area contributed by atoms with Gasteiger partial charge in [-0.3, -0.25) is 0 Å². The minimum absolute atomic E-state index is 0.0193. The predicted octanol–water partition coefficient (Wildman–Crippen LogP) is 3.85. The Morgan fingerprint density at radius 1 is 1.05 bits per heavy atom. The average Bonchev–Trinajstić information content (AvgIpc) is 2.94. The number of H-pyrrole nitrogens is 1. The molecule has 108 valence electrons. The maximum Gasteiger partial charge on any atom is 0.387 e. The van der Waals surface area contributed by atoms with Gasteiger partial charge in [-0.05, 0) is 35.2 Å². The van der Waals surface area contributed by atoms with Crippen molar-refractivity contribution in [3.63, 3.8) is 0 Å². The number of halogens is 2. The molecule has 0 amide bonds. The fourth-order valence-electron chi connectivity index (χ4n) is 2.33. The van der Waals surface area contributed by atoms with Gasteiger partial charge in [-0.2, -0.15) is 8.78 Å². The number of alkyl halides is 2. The number of hydrogen-bond donors (Lipinski definition) is 2. The zero-order valence-electron chi connectivity index (χ0n) is 11.0. The lowest BCUT2D eigenvalue weighted by Gasteiger charge is -2.16. The molecular weight excluding hydrogens is 276 g/mol. The molecule has 1 heterocycles. The van der Waals surface area contributed by atoms with Gasteiger partial charge in [-0.25, -0.2) is 0 Å². The molecule has 2 N–H and O–H groups in total. The van der Waals surface area contributed by atoms with Crippen LogP contribution in [0.1, 0.15) is 17.2 Å². The zero-order valence-corrected chi connectivity index (χ0v) is 11.0. The summed E-state index contributed by atoms with van der Waals surface area (Å²) in [5.41, 5.74) is 1.88. The Kier molecular flexibility index (Phi) is 3.58. The summed E-state index contributed by atoms with van der Waals surface area (Å²) in [6.07, 6.45) is 0.772. The van der Waals surface area contributed by atoms with E-state index in [0.29, 0.717) is 11.1 Å². The first kappa shape index (κ1) is 13.6. The van der Waals surface area contributed by atoms with Crippen molar-refractivity contribution in [2.45, 2.75) is 12.7 Å². The standard InChI is InChI=1S/C16H13F2NO2/c17-16(18)21-14-4-2-1-3-12(14)15(20)11-5-6-13-10(9-11)7-8-19-13/h1-9,15-16,19-20H. The highest BCUT2D eigenvalue weighted by molar-refractivity contribution is 5.80. The van der Waals surface area contributed by atoms with Gasteiger partial charge in [-0.15, -0.1) is 0 Å². The van der Waals surface area contributed by atoms with Gasteiger partial charge in [0, 0.05) is 17.3 Å². The maximum absolute atomic E-state index is 12.4. The lowest BCUT2D eigenvalue weighted by Crippen LogP contribution is -2.07. The molecule has 0 bridgehead atoms. The van der Waals surface area contributed by atoms with E-state index in [4.69, 9.17) is 0 Å². The molecule has 0 radical (unpaired) electrons. The van der Waals surface area contributed by atoms with Crippen LogP contribution in [0.15, 0.2) is 54.7 Å². The number of benzene rings is 2. The van der Waals surface area contributed by atoms with Crippen LogP contribution in [-0.2, 0) is 0 Å². The summed E-state index contributed by atoms with van der Waals surface area (Å²) >= 11 is 0. The smallest absolute Gasteiger partial charge is 0.387 e. The predicted molar refractivity (Wildman–Crippen MR) is 75.4 cm³/mol. The molecule has 0 aliphatic carbocycles. The van der Waals surface area contributed by atoms with Crippen LogP contribution in [0.3, 0.4) is 0 Å². The first-order chi connectivity index (χ1) is 10.1. The van der Waals surface area contributed by atoms with E-state index in [1.54, 1.807) is 30.5 Å². The molecule has 3 nitrogen and oxygen atoms in total. The number of rotatable bonds is 4. The molecule has 1 unspecified atom stereocenters. The first-order valence-corrected chi connectivity index (χ1v) is 6.44. The van der Waals surface area contributed by atoms with E-state index in [0.717, 1.165) is 10.9 Å². The van der Waals surface area contributed by atoms with Gasteiger partial charge in [0.15, 0.2) is 0 Å². The fourth-order valence-corrected chi connectivity index (χ4v) is 2.33. The van der Waals surface area contributed by atoms with Gasteiger partial charge in [0.1, 0.15) is 11.9 Å². The quantitative estimate of drug-likeness (QED) is 0.766. The molecule has 0 aliphatic heterocycles. The molecule has 1 aromatic heterocycles. The van der Waals surface area contributed by atoms with Gasteiger partial charge in [0.05, 0.1) is 0 Å². The largest absolute Gasteiger partial charge is 0.434 e. The van der Waals surface area contributed by atoms with Crippen LogP contribution in [0.5, 0.6) is 5.75 Å². The summed E-state index contributed by atoms with van der Waals surface area (Å²) in [7, 11) is 0. The van der Waals surface area contributed by atoms with E-state index >= 15 is 0 Å². The van der Waals surface area contributed by atoms with Crippen molar-refractivity contribution in [2.24, 2.45) is 0 Å². The number of aliphatic hydroxyl groups excluding tert-OH is 1. The highest BCUT2D eigenvalue weighted by Gasteiger charge is 2.17. The minimum atomic E-state index is -2.93. The fraction of sp³-hybridized carbons (Fsp3) is 0.125. The molecule has 5 heteroatoms. The SMILES string of the molecule is OC(c1ccc2[nH]ccc2c1)c1ccccc1OC(F)F. The summed E-state index contributed by atoms with van der Waals surface area (Å²) in [4.78, 5) is 3.06. The van der Waals surface area contributed by atoms with Crippen molar-refractivity contribution in [1.82, 2.24) is 4.98 Å². The third kappa shape index (κ3) is 2.73. The van der Waals surface area contributed by atoms with Gasteiger partial charge in [0.25, 0.3) is 0 Å². The lowest BCUT2D eigenvalue weighted by atomic mass is 9.99. The highest BCUT2D eigenvalue weighted by Crippen LogP contribution is 2.32. The highest BCUT2D eigenvalue weighted by atomic mass is 19.3. The Balaban J connectivity index is 1.99. The molecule has 0 saturated carbocycles. The van der Waals surface area contributed by atoms with Crippen molar-refractivity contribution in [2.75, 3.05) is 0 Å². The molecule has 1 atom stereocenters. The maximum atomic E-state index is 12.4. The number of fused-ring (bicyclic) bond motifs is 1. The van der Waals surface area contributed by atoms with Gasteiger partial charge in [0.2, 0.25) is 0 Å². The van der Waals surface area contributed by atoms with Crippen LogP contribution in [-0.4, -0.2) is 16.7 Å². The van der Waals surface area contributed by atoms with Crippen molar-refractivity contribution < 1.29 is 18.6 Å². The van der Waals surface area contributed by atoms with Gasteiger partial charge in [-0.1, -0.05) is 24.3 Å². The molecule has 21 heavy (non-hydrogen) atoms. The van der Waals surface area contributed by atoms with E-state index in [-0.39, 0.29) is 5.75 Å². The molecule has 2 aromatic carbocycles. The van der Waals surface area contributed by atoms with Crippen LogP contribution in [0.2, 0.25) is 0 Å². The number of ether oxygens (including phenoxy) is 1. The van der Waals surface area contributed by atoms with Crippen molar-refractivity contribution in [1.29, 1.82) is 0 Å². The summed E-state index contributed by atoms with van der Waals surface area (Å²) in [6, 6.07) is 13.5. The van der Waals surface area contributed by atoms with Crippen LogP contribution >= 0.6 is 0 Å². The summed E-state index contributed by atoms with van der Waals surface area (Å²) in [5, 5.41) is 11.4. The Morgan fingerprint density at radius 3 is 2.67 bits per heavy atom. The van der Waals surface area contributed by atoms with E-state index in [1.807, 2.05) is 18.2 Å². The normalized spacial score (nSPS) is 12.8. The number of aliphatic hydroxyl groups is 1. The Labute approximate surface area is 119 Å². The number of hydrogen-bond acceptors (Lipinski definition) is 2. The van der Waals surface area contributed by atoms with Crippen LogP contribution < -0.4 is 4.74 Å². The zero-order chi connectivity index (χ0) is 14.8. The van der Waals surface area contributed by atoms with Crippen LogP contribution in [0, 0.1) is 0 Å². The number of para-hydroxylation sites is 1. The third-order valence-corrected chi connectivity index (χ3v) is 3.32. The molecule has 3 aromatic rings. The third-order valence-electron chi connectivity index (χ3n) is 3.32. The van der Waals surface area contributed by atoms with Crippen molar-refractivity contribution in [3.05, 3.63) is 65.9 Å². The molecular formula is C16H13F2NO2. The molecule has 0 fully saturated rings. The van der Waals surface area contributed by atoms with E-state index in [9.17, 15) is 13.9 Å². The summed E-state index contributed by atoms with van der Waals surface area (Å²) in [5.74, 6) is -0.0193. The molecule has 0 saturated heterocycles. The van der Waals surface area contributed by atoms with Crippen molar-refractivity contribution in [3.8, 4) is 5.75 Å². The van der Waals surface area contributed by atoms with Gasteiger partial charge < -0.3 is 14.8 Å². The molecule has 0 aliphatic rings. The Hall–Kier alpha value is -2.40. The van der Waals surface area contributed by atoms with Crippen LogP contribution in [0.25, 0.3) is 10.9 Å². The molecule has 3 rings (SSSR count). The van der Waals surface area contributed by atoms with E-state index < -0.39 is 12.7 Å². The Morgan fingerprint density at radius 2 is 1.86 bits per heavy atom. The number of aromatic nitrogens is 1. The topological polar surface area (TPSA) is 45.2 Å². The second kappa shape index (κ2) is 5.54. The molecule has 0 spiro atoms. The van der Waals surface area contributed by atoms with Crippen LogP contribution in [0.4, 0.5) is 8.78 Å². The monoisotopic (exact) mass is 289 g/mol. The number of aromatic amines is 1. The second-order valence-corrected chi connectivity index (χ2v) is 4.64.